The minimum absolute atomic E-state index is 0.142. The molecular formula is C22H27NO5. The average molecular weight is 385 g/mol. The van der Waals surface area contributed by atoms with Gasteiger partial charge in [-0.3, -0.25) is 4.79 Å². The van der Waals surface area contributed by atoms with Crippen molar-refractivity contribution in [3.63, 3.8) is 0 Å². The van der Waals surface area contributed by atoms with E-state index in [1.165, 1.54) is 0 Å². The van der Waals surface area contributed by atoms with E-state index >= 15 is 0 Å². The summed E-state index contributed by atoms with van der Waals surface area (Å²) in [5, 5.41) is 12.5. The highest BCUT2D eigenvalue weighted by molar-refractivity contribution is 5.76. The molecule has 2 aromatic rings. The van der Waals surface area contributed by atoms with Crippen molar-refractivity contribution >= 4 is 12.1 Å². The largest absolute Gasteiger partial charge is 0.514 e. The molecule has 0 saturated heterocycles. The lowest BCUT2D eigenvalue weighted by atomic mass is 10.1. The molecule has 0 heterocycles. The van der Waals surface area contributed by atoms with E-state index in [1.54, 1.807) is 45.0 Å². The summed E-state index contributed by atoms with van der Waals surface area (Å²) in [6.07, 6.45) is 0.182. The smallest absolute Gasteiger partial charge is 0.428 e. The second-order valence-electron chi connectivity index (χ2n) is 7.42. The van der Waals surface area contributed by atoms with Crippen LogP contribution in [0.5, 0.6) is 5.75 Å². The van der Waals surface area contributed by atoms with Crippen LogP contribution in [0, 0.1) is 0 Å². The lowest BCUT2D eigenvalue weighted by molar-refractivity contribution is -0.122. The number of amides is 1. The third-order valence-electron chi connectivity index (χ3n) is 3.87. The predicted molar refractivity (Wildman–Crippen MR) is 106 cm³/mol. The number of benzene rings is 2. The Kier molecular flexibility index (Phi) is 7.58. The third-order valence-corrected chi connectivity index (χ3v) is 3.87. The lowest BCUT2D eigenvalue weighted by Gasteiger charge is -2.19. The molecular weight excluding hydrogens is 358 g/mol. The van der Waals surface area contributed by atoms with E-state index in [-0.39, 0.29) is 12.5 Å². The van der Waals surface area contributed by atoms with E-state index in [4.69, 9.17) is 9.47 Å². The van der Waals surface area contributed by atoms with Crippen molar-refractivity contribution in [2.75, 3.05) is 6.61 Å². The second kappa shape index (κ2) is 9.90. The van der Waals surface area contributed by atoms with Gasteiger partial charge < -0.3 is 19.9 Å². The summed E-state index contributed by atoms with van der Waals surface area (Å²) < 4.78 is 10.2. The fourth-order valence-electron chi connectivity index (χ4n) is 2.54. The molecule has 28 heavy (non-hydrogen) atoms. The van der Waals surface area contributed by atoms with Crippen molar-refractivity contribution < 1.29 is 24.2 Å². The molecule has 150 valence electrons. The van der Waals surface area contributed by atoms with Gasteiger partial charge in [0.25, 0.3) is 0 Å². The van der Waals surface area contributed by atoms with Crippen molar-refractivity contribution in [1.29, 1.82) is 0 Å². The number of hydrogen-bond acceptors (Lipinski definition) is 5. The molecule has 1 unspecified atom stereocenters. The summed E-state index contributed by atoms with van der Waals surface area (Å²) in [5.74, 6) is 0.182. The Morgan fingerprint density at radius 1 is 1.04 bits per heavy atom. The number of aryl methyl sites for hydroxylation is 1. The van der Waals surface area contributed by atoms with Crippen LogP contribution in [0.3, 0.4) is 0 Å². The topological polar surface area (TPSA) is 84.9 Å². The molecule has 0 radical (unpaired) electrons. The number of nitrogens with one attached hydrogen (secondary N) is 1. The maximum Gasteiger partial charge on any atom is 0.514 e. The Morgan fingerprint density at radius 3 is 2.25 bits per heavy atom. The third kappa shape index (κ3) is 7.40. The molecule has 6 heteroatoms. The molecule has 0 aliphatic rings. The van der Waals surface area contributed by atoms with Gasteiger partial charge in [0.2, 0.25) is 5.91 Å². The molecule has 0 spiro atoms. The fraction of sp³-hybridized carbons (Fsp3) is 0.364. The molecule has 1 amide bonds. The first kappa shape index (κ1) is 21.4. The number of rotatable bonds is 7. The molecule has 0 bridgehead atoms. The van der Waals surface area contributed by atoms with Gasteiger partial charge in [-0.15, -0.1) is 0 Å². The molecule has 2 rings (SSSR count). The molecule has 2 N–H and O–H groups in total. The highest BCUT2D eigenvalue weighted by Gasteiger charge is 2.18. The summed E-state index contributed by atoms with van der Waals surface area (Å²) >= 11 is 0. The summed E-state index contributed by atoms with van der Waals surface area (Å²) in [5.41, 5.74) is 1.16. The van der Waals surface area contributed by atoms with Crippen molar-refractivity contribution in [2.24, 2.45) is 0 Å². The van der Waals surface area contributed by atoms with Gasteiger partial charge in [-0.25, -0.2) is 4.79 Å². The van der Waals surface area contributed by atoms with Gasteiger partial charge in [0, 0.05) is 6.42 Å². The Bertz CT molecular complexity index is 766. The standard InChI is InChI=1S/C22H27NO5/c1-22(2,3)28-21(26)27-18-12-10-17(11-13-18)19(15-24)23-20(25)14-9-16-7-5-4-6-8-16/h4-8,10-13,19,24H,9,14-15H2,1-3H3,(H,23,25). The van der Waals surface area contributed by atoms with E-state index < -0.39 is 17.8 Å². The molecule has 0 aliphatic carbocycles. The average Bonchev–Trinajstić information content (AvgIpc) is 2.64. The molecule has 6 nitrogen and oxygen atoms in total. The van der Waals surface area contributed by atoms with Crippen molar-refractivity contribution in [1.82, 2.24) is 5.32 Å². The van der Waals surface area contributed by atoms with Gasteiger partial charge in [-0.05, 0) is 50.5 Å². The van der Waals surface area contributed by atoms with E-state index in [1.807, 2.05) is 30.3 Å². The molecule has 0 aromatic heterocycles. The first-order valence-corrected chi connectivity index (χ1v) is 9.22. The number of hydrogen-bond donors (Lipinski definition) is 2. The molecule has 0 fully saturated rings. The maximum atomic E-state index is 12.2. The highest BCUT2D eigenvalue weighted by Crippen LogP contribution is 2.19. The van der Waals surface area contributed by atoms with Gasteiger partial charge in [0.15, 0.2) is 0 Å². The van der Waals surface area contributed by atoms with Crippen LogP contribution in [-0.2, 0) is 16.0 Å². The summed E-state index contributed by atoms with van der Waals surface area (Å²) in [7, 11) is 0. The molecule has 1 atom stereocenters. The minimum Gasteiger partial charge on any atom is -0.428 e. The number of aliphatic hydroxyl groups excluding tert-OH is 1. The van der Waals surface area contributed by atoms with E-state index in [0.29, 0.717) is 24.2 Å². The van der Waals surface area contributed by atoms with E-state index in [2.05, 4.69) is 5.32 Å². The van der Waals surface area contributed by atoms with E-state index in [0.717, 1.165) is 5.56 Å². The van der Waals surface area contributed by atoms with Crippen LogP contribution in [0.2, 0.25) is 0 Å². The van der Waals surface area contributed by atoms with Gasteiger partial charge >= 0.3 is 6.16 Å². The fourth-order valence-corrected chi connectivity index (χ4v) is 2.54. The van der Waals surface area contributed by atoms with Gasteiger partial charge in [0.1, 0.15) is 11.4 Å². The number of aliphatic hydroxyl groups is 1. The van der Waals surface area contributed by atoms with Crippen molar-refractivity contribution in [3.8, 4) is 5.75 Å². The van der Waals surface area contributed by atoms with Crippen molar-refractivity contribution in [3.05, 3.63) is 65.7 Å². The Morgan fingerprint density at radius 2 is 1.68 bits per heavy atom. The molecule has 0 aliphatic heterocycles. The first-order chi connectivity index (χ1) is 13.3. The number of ether oxygens (including phenoxy) is 2. The zero-order valence-corrected chi connectivity index (χ0v) is 16.5. The Hall–Kier alpha value is -2.86. The second-order valence-corrected chi connectivity index (χ2v) is 7.42. The number of carbonyl (C=O) groups is 2. The summed E-state index contributed by atoms with van der Waals surface area (Å²) in [6.45, 7) is 5.03. The Balaban J connectivity index is 1.89. The van der Waals surface area contributed by atoms with Crippen LogP contribution in [0.15, 0.2) is 54.6 Å². The zero-order valence-electron chi connectivity index (χ0n) is 16.5. The quantitative estimate of drug-likeness (QED) is 0.560. The van der Waals surface area contributed by atoms with Crippen molar-refractivity contribution in [2.45, 2.75) is 45.3 Å². The van der Waals surface area contributed by atoms with E-state index in [9.17, 15) is 14.7 Å². The van der Waals surface area contributed by atoms with Crippen LogP contribution in [0.1, 0.15) is 44.4 Å². The summed E-state index contributed by atoms with van der Waals surface area (Å²) in [4.78, 5) is 23.9. The van der Waals surface area contributed by atoms with Crippen LogP contribution in [0.4, 0.5) is 4.79 Å². The van der Waals surface area contributed by atoms with Gasteiger partial charge in [-0.1, -0.05) is 42.5 Å². The zero-order chi connectivity index (χ0) is 20.6. The number of carbonyl (C=O) groups excluding carboxylic acids is 2. The predicted octanol–water partition coefficient (Wildman–Crippen LogP) is 3.78. The van der Waals surface area contributed by atoms with Crippen LogP contribution in [-0.4, -0.2) is 29.4 Å². The Labute approximate surface area is 165 Å². The van der Waals surface area contributed by atoms with Crippen LogP contribution < -0.4 is 10.1 Å². The normalized spacial score (nSPS) is 12.1. The maximum absolute atomic E-state index is 12.2. The molecule has 0 saturated carbocycles. The van der Waals surface area contributed by atoms with Gasteiger partial charge in [0.05, 0.1) is 12.6 Å². The summed E-state index contributed by atoms with van der Waals surface area (Å²) in [6, 6.07) is 15.8. The van der Waals surface area contributed by atoms with Crippen LogP contribution in [0.25, 0.3) is 0 Å². The molecule has 2 aromatic carbocycles. The first-order valence-electron chi connectivity index (χ1n) is 9.22. The van der Waals surface area contributed by atoms with Gasteiger partial charge in [-0.2, -0.15) is 0 Å². The van der Waals surface area contributed by atoms with Crippen LogP contribution >= 0.6 is 0 Å². The monoisotopic (exact) mass is 385 g/mol. The lowest BCUT2D eigenvalue weighted by Crippen LogP contribution is -2.31. The highest BCUT2D eigenvalue weighted by atomic mass is 16.7. The minimum atomic E-state index is -0.784. The SMILES string of the molecule is CC(C)(C)OC(=O)Oc1ccc(C(CO)NC(=O)CCc2ccccc2)cc1.